The number of carbonyl (C=O) groups excluding carboxylic acids is 2. The maximum atomic E-state index is 12.5. The summed E-state index contributed by atoms with van der Waals surface area (Å²) in [5.41, 5.74) is 1.63. The van der Waals surface area contributed by atoms with Gasteiger partial charge in [-0.05, 0) is 24.1 Å². The van der Waals surface area contributed by atoms with Gasteiger partial charge in [0.15, 0.2) is 0 Å². The standard InChI is InChI=1S/C17H17NO4/c1-3-13-8-5-6-9-14(13)12-15(19)18(17(20)21-4-2)16-10-7-11-22-16/h3,5-11H,1,4,12H2,2H3. The molecular formula is C17H17NO4. The molecule has 5 heteroatoms. The quantitative estimate of drug-likeness (QED) is 0.845. The number of carbonyl (C=O) groups is 2. The summed E-state index contributed by atoms with van der Waals surface area (Å²) in [4.78, 5) is 25.5. The van der Waals surface area contributed by atoms with Crippen LogP contribution in [-0.4, -0.2) is 18.6 Å². The van der Waals surface area contributed by atoms with Crippen molar-refractivity contribution in [1.29, 1.82) is 0 Å². The fraction of sp³-hybridized carbons (Fsp3) is 0.176. The van der Waals surface area contributed by atoms with Crippen LogP contribution in [0.4, 0.5) is 10.7 Å². The van der Waals surface area contributed by atoms with E-state index in [0.717, 1.165) is 16.0 Å². The van der Waals surface area contributed by atoms with Gasteiger partial charge in [-0.2, -0.15) is 4.90 Å². The molecule has 0 radical (unpaired) electrons. The molecule has 0 saturated heterocycles. The topological polar surface area (TPSA) is 59.8 Å². The summed E-state index contributed by atoms with van der Waals surface area (Å²) >= 11 is 0. The molecule has 0 aliphatic carbocycles. The zero-order valence-electron chi connectivity index (χ0n) is 12.3. The molecule has 22 heavy (non-hydrogen) atoms. The number of benzene rings is 1. The van der Waals surface area contributed by atoms with Crippen LogP contribution in [0.25, 0.3) is 6.08 Å². The van der Waals surface area contributed by atoms with Crippen molar-refractivity contribution in [3.8, 4) is 0 Å². The highest BCUT2D eigenvalue weighted by atomic mass is 16.6. The summed E-state index contributed by atoms with van der Waals surface area (Å²) in [5, 5.41) is 0. The number of anilines is 1. The maximum Gasteiger partial charge on any atom is 0.423 e. The zero-order chi connectivity index (χ0) is 15.9. The Morgan fingerprint density at radius 1 is 1.27 bits per heavy atom. The van der Waals surface area contributed by atoms with E-state index in [-0.39, 0.29) is 18.9 Å². The Labute approximate surface area is 128 Å². The molecule has 1 aromatic heterocycles. The third-order valence-electron chi connectivity index (χ3n) is 3.04. The van der Waals surface area contributed by atoms with Crippen molar-refractivity contribution in [3.63, 3.8) is 0 Å². The number of hydrogen-bond donors (Lipinski definition) is 0. The average molecular weight is 299 g/mol. The first kappa shape index (κ1) is 15.6. The van der Waals surface area contributed by atoms with E-state index in [1.807, 2.05) is 24.3 Å². The van der Waals surface area contributed by atoms with Crippen LogP contribution in [0.3, 0.4) is 0 Å². The molecule has 0 aliphatic heterocycles. The number of imide groups is 1. The van der Waals surface area contributed by atoms with Gasteiger partial charge in [0.2, 0.25) is 11.8 Å². The Morgan fingerprint density at radius 3 is 2.68 bits per heavy atom. The predicted octanol–water partition coefficient (Wildman–Crippen LogP) is 3.65. The van der Waals surface area contributed by atoms with E-state index in [0.29, 0.717) is 0 Å². The van der Waals surface area contributed by atoms with Crippen LogP contribution in [0.2, 0.25) is 0 Å². The number of amides is 2. The summed E-state index contributed by atoms with van der Waals surface area (Å²) in [6, 6.07) is 10.5. The van der Waals surface area contributed by atoms with Crippen LogP contribution >= 0.6 is 0 Å². The van der Waals surface area contributed by atoms with Gasteiger partial charge in [-0.3, -0.25) is 4.79 Å². The molecule has 114 valence electrons. The molecule has 1 heterocycles. The minimum Gasteiger partial charge on any atom is -0.449 e. The third-order valence-corrected chi connectivity index (χ3v) is 3.04. The smallest absolute Gasteiger partial charge is 0.423 e. The van der Waals surface area contributed by atoms with Crippen LogP contribution in [-0.2, 0) is 16.0 Å². The van der Waals surface area contributed by atoms with Crippen LogP contribution < -0.4 is 4.90 Å². The van der Waals surface area contributed by atoms with E-state index in [2.05, 4.69) is 6.58 Å². The van der Waals surface area contributed by atoms with Gasteiger partial charge >= 0.3 is 6.09 Å². The maximum absolute atomic E-state index is 12.5. The molecule has 0 bridgehead atoms. The zero-order valence-corrected chi connectivity index (χ0v) is 12.3. The molecule has 0 fully saturated rings. The Kier molecular flexibility index (Phi) is 5.14. The van der Waals surface area contributed by atoms with Crippen molar-refractivity contribution >= 4 is 24.0 Å². The summed E-state index contributed by atoms with van der Waals surface area (Å²) < 4.78 is 10.1. The van der Waals surface area contributed by atoms with Crippen molar-refractivity contribution < 1.29 is 18.7 Å². The lowest BCUT2D eigenvalue weighted by Gasteiger charge is -2.17. The SMILES string of the molecule is C=Cc1ccccc1CC(=O)N(C(=O)OCC)c1ccco1. The minimum absolute atomic E-state index is 0.0434. The lowest BCUT2D eigenvalue weighted by atomic mass is 10.0. The van der Waals surface area contributed by atoms with E-state index in [4.69, 9.17) is 9.15 Å². The largest absolute Gasteiger partial charge is 0.449 e. The van der Waals surface area contributed by atoms with E-state index in [9.17, 15) is 9.59 Å². The predicted molar refractivity (Wildman–Crippen MR) is 83.5 cm³/mol. The van der Waals surface area contributed by atoms with E-state index in [1.165, 1.54) is 12.3 Å². The second-order valence-electron chi connectivity index (χ2n) is 4.46. The highest BCUT2D eigenvalue weighted by Gasteiger charge is 2.27. The normalized spacial score (nSPS) is 10.0. The van der Waals surface area contributed by atoms with E-state index < -0.39 is 12.0 Å². The van der Waals surface area contributed by atoms with Gasteiger partial charge < -0.3 is 9.15 Å². The van der Waals surface area contributed by atoms with Crippen molar-refractivity contribution in [3.05, 3.63) is 60.4 Å². The van der Waals surface area contributed by atoms with Crippen molar-refractivity contribution in [1.82, 2.24) is 0 Å². The first-order valence-corrected chi connectivity index (χ1v) is 6.91. The Morgan fingerprint density at radius 2 is 2.05 bits per heavy atom. The molecule has 1 aromatic carbocycles. The van der Waals surface area contributed by atoms with Crippen molar-refractivity contribution in [2.75, 3.05) is 11.5 Å². The third kappa shape index (κ3) is 3.44. The van der Waals surface area contributed by atoms with Gasteiger partial charge in [0, 0.05) is 6.07 Å². The molecule has 0 atom stereocenters. The van der Waals surface area contributed by atoms with Crippen LogP contribution in [0.5, 0.6) is 0 Å². The highest BCUT2D eigenvalue weighted by Crippen LogP contribution is 2.19. The molecular weight excluding hydrogens is 282 g/mol. The van der Waals surface area contributed by atoms with E-state index >= 15 is 0 Å². The fourth-order valence-electron chi connectivity index (χ4n) is 2.04. The van der Waals surface area contributed by atoms with E-state index in [1.54, 1.807) is 19.1 Å². The van der Waals surface area contributed by atoms with Crippen LogP contribution in [0.15, 0.2) is 53.7 Å². The van der Waals surface area contributed by atoms with Gasteiger partial charge in [-0.25, -0.2) is 4.79 Å². The summed E-state index contributed by atoms with van der Waals surface area (Å²) in [6.45, 7) is 5.57. The summed E-state index contributed by atoms with van der Waals surface area (Å²) in [7, 11) is 0. The molecule has 0 spiro atoms. The van der Waals surface area contributed by atoms with Gasteiger partial charge in [-0.1, -0.05) is 36.9 Å². The first-order chi connectivity index (χ1) is 10.7. The van der Waals surface area contributed by atoms with Gasteiger partial charge in [-0.15, -0.1) is 0 Å². The molecule has 2 amide bonds. The second kappa shape index (κ2) is 7.26. The van der Waals surface area contributed by atoms with Gasteiger partial charge in [0.1, 0.15) is 0 Å². The second-order valence-corrected chi connectivity index (χ2v) is 4.46. The number of furan rings is 1. The number of hydrogen-bond acceptors (Lipinski definition) is 4. The fourth-order valence-corrected chi connectivity index (χ4v) is 2.04. The first-order valence-electron chi connectivity index (χ1n) is 6.91. The molecule has 0 saturated carbocycles. The molecule has 0 unspecified atom stereocenters. The Hall–Kier alpha value is -2.82. The molecule has 5 nitrogen and oxygen atoms in total. The Bertz CT molecular complexity index is 661. The number of ether oxygens (including phenoxy) is 1. The minimum atomic E-state index is -0.751. The van der Waals surface area contributed by atoms with Gasteiger partial charge in [0.05, 0.1) is 19.3 Å². The molecule has 2 rings (SSSR count). The van der Waals surface area contributed by atoms with Gasteiger partial charge in [0.25, 0.3) is 0 Å². The number of nitrogens with zero attached hydrogens (tertiary/aromatic N) is 1. The van der Waals surface area contributed by atoms with Crippen LogP contribution in [0, 0.1) is 0 Å². The summed E-state index contributed by atoms with van der Waals surface area (Å²) in [5.74, 6) is -0.290. The Balaban J connectivity index is 2.26. The summed E-state index contributed by atoms with van der Waals surface area (Å²) in [6.07, 6.45) is 2.36. The van der Waals surface area contributed by atoms with Crippen molar-refractivity contribution in [2.24, 2.45) is 0 Å². The molecule has 0 aliphatic rings. The number of rotatable bonds is 5. The average Bonchev–Trinajstić information content (AvgIpc) is 3.02. The van der Waals surface area contributed by atoms with Crippen LogP contribution in [0.1, 0.15) is 18.1 Å². The highest BCUT2D eigenvalue weighted by molar-refractivity contribution is 6.11. The monoisotopic (exact) mass is 299 g/mol. The lowest BCUT2D eigenvalue weighted by molar-refractivity contribution is -0.117. The van der Waals surface area contributed by atoms with Crippen molar-refractivity contribution in [2.45, 2.75) is 13.3 Å². The molecule has 0 N–H and O–H groups in total. The lowest BCUT2D eigenvalue weighted by Crippen LogP contribution is -2.38. The molecule has 2 aromatic rings.